The molecule has 1 atom stereocenters. The summed E-state index contributed by atoms with van der Waals surface area (Å²) in [5.41, 5.74) is -0.429. The molecular formula is C16H13F13O4. The Morgan fingerprint density at radius 2 is 1.24 bits per heavy atom. The summed E-state index contributed by atoms with van der Waals surface area (Å²) >= 11 is 0. The van der Waals surface area contributed by atoms with Gasteiger partial charge in [-0.15, -0.1) is 0 Å². The molecule has 0 amide bonds. The van der Waals surface area contributed by atoms with E-state index >= 15 is 0 Å². The molecule has 1 unspecified atom stereocenters. The van der Waals surface area contributed by atoms with Crippen LogP contribution < -0.4 is 0 Å². The van der Waals surface area contributed by atoms with Gasteiger partial charge >= 0.3 is 47.7 Å². The van der Waals surface area contributed by atoms with E-state index in [1.807, 2.05) is 0 Å². The Morgan fingerprint density at radius 3 is 1.61 bits per heavy atom. The molecule has 0 saturated carbocycles. The van der Waals surface area contributed by atoms with E-state index in [1.165, 1.54) is 0 Å². The van der Waals surface area contributed by atoms with Crippen molar-refractivity contribution in [2.45, 2.75) is 55.2 Å². The monoisotopic (exact) mass is 516 g/mol. The van der Waals surface area contributed by atoms with E-state index in [2.05, 4.69) is 22.6 Å². The first-order valence-corrected chi connectivity index (χ1v) is 8.02. The zero-order valence-electron chi connectivity index (χ0n) is 16.0. The molecule has 0 aromatic carbocycles. The Hall–Kier alpha value is -2.49. The number of hydrogen-bond donors (Lipinski definition) is 0. The van der Waals surface area contributed by atoms with Gasteiger partial charge in [0.1, 0.15) is 12.7 Å². The van der Waals surface area contributed by atoms with Crippen molar-refractivity contribution in [2.24, 2.45) is 0 Å². The van der Waals surface area contributed by atoms with Crippen LogP contribution in [0.15, 0.2) is 24.8 Å². The molecule has 0 aliphatic carbocycles. The number of rotatable bonds is 11. The average Bonchev–Trinajstić information content (AvgIpc) is 2.63. The van der Waals surface area contributed by atoms with Crippen LogP contribution in [0.2, 0.25) is 0 Å². The first kappa shape index (κ1) is 30.5. The minimum atomic E-state index is -8.06. The highest BCUT2D eigenvalue weighted by Gasteiger charge is 2.90. The summed E-state index contributed by atoms with van der Waals surface area (Å²) in [6.07, 6.45) is -13.0. The van der Waals surface area contributed by atoms with Crippen molar-refractivity contribution < 1.29 is 76.1 Å². The topological polar surface area (TPSA) is 52.6 Å². The largest absolute Gasteiger partial charge is 0.460 e. The smallest absolute Gasteiger partial charge is 0.458 e. The van der Waals surface area contributed by atoms with Gasteiger partial charge < -0.3 is 9.47 Å². The number of carbonyl (C=O) groups is 2. The summed E-state index contributed by atoms with van der Waals surface area (Å²) in [6, 6.07) is 0. The molecule has 0 radical (unpaired) electrons. The van der Waals surface area contributed by atoms with E-state index in [4.69, 9.17) is 0 Å². The normalized spacial score (nSPS) is 15.0. The molecule has 0 N–H and O–H groups in total. The van der Waals surface area contributed by atoms with Gasteiger partial charge in [0.15, 0.2) is 0 Å². The lowest BCUT2D eigenvalue weighted by Gasteiger charge is -2.40. The van der Waals surface area contributed by atoms with E-state index in [-0.39, 0.29) is 6.08 Å². The van der Waals surface area contributed by atoms with Gasteiger partial charge in [0.05, 0.1) is 6.42 Å². The molecule has 0 spiro atoms. The van der Waals surface area contributed by atoms with Crippen molar-refractivity contribution in [3.8, 4) is 0 Å². The number of alkyl halides is 13. The molecule has 0 heterocycles. The second-order valence-electron chi connectivity index (χ2n) is 6.35. The van der Waals surface area contributed by atoms with Crippen LogP contribution in [0, 0.1) is 0 Å². The molecule has 0 fully saturated rings. The van der Waals surface area contributed by atoms with Crippen LogP contribution in [0.3, 0.4) is 0 Å². The molecule has 0 bridgehead atoms. The van der Waals surface area contributed by atoms with Gasteiger partial charge in [0.25, 0.3) is 0 Å². The fourth-order valence-electron chi connectivity index (χ4n) is 1.85. The third kappa shape index (κ3) is 5.72. The van der Waals surface area contributed by atoms with Crippen molar-refractivity contribution >= 4 is 11.9 Å². The molecule has 192 valence electrons. The number of esters is 2. The molecule has 0 aliphatic rings. The Morgan fingerprint density at radius 1 is 0.818 bits per heavy atom. The Bertz CT molecular complexity index is 771. The van der Waals surface area contributed by atoms with Crippen LogP contribution in [0.4, 0.5) is 57.1 Å². The Kier molecular flexibility index (Phi) is 8.69. The first-order valence-electron chi connectivity index (χ1n) is 8.02. The van der Waals surface area contributed by atoms with Crippen LogP contribution in [0.1, 0.15) is 13.3 Å². The predicted molar refractivity (Wildman–Crippen MR) is 81.3 cm³/mol. The lowest BCUT2D eigenvalue weighted by Crippen LogP contribution is -2.70. The van der Waals surface area contributed by atoms with E-state index in [0.29, 0.717) is 0 Å². The maximum absolute atomic E-state index is 13.9. The van der Waals surface area contributed by atoms with Crippen molar-refractivity contribution in [2.75, 3.05) is 6.61 Å². The quantitative estimate of drug-likeness (QED) is 0.212. The van der Waals surface area contributed by atoms with Crippen LogP contribution in [-0.4, -0.2) is 60.4 Å². The molecule has 4 nitrogen and oxygen atoms in total. The molecule has 17 heteroatoms. The number of carbonyl (C=O) groups excluding carboxylic acids is 2. The van der Waals surface area contributed by atoms with Gasteiger partial charge in [0.2, 0.25) is 0 Å². The summed E-state index contributed by atoms with van der Waals surface area (Å²) < 4.78 is 179. The zero-order chi connectivity index (χ0) is 26.8. The van der Waals surface area contributed by atoms with Gasteiger partial charge in [-0.25, -0.2) is 9.59 Å². The van der Waals surface area contributed by atoms with Crippen LogP contribution in [0.5, 0.6) is 0 Å². The third-order valence-corrected chi connectivity index (χ3v) is 3.68. The van der Waals surface area contributed by atoms with E-state index in [9.17, 15) is 66.7 Å². The molecule has 33 heavy (non-hydrogen) atoms. The molecule has 0 rings (SSSR count). The van der Waals surface area contributed by atoms with Crippen LogP contribution in [0.25, 0.3) is 0 Å². The summed E-state index contributed by atoms with van der Waals surface area (Å²) in [5, 5.41) is 0. The molecule has 0 aromatic rings. The molecule has 0 saturated heterocycles. The average molecular weight is 516 g/mol. The van der Waals surface area contributed by atoms with Crippen molar-refractivity contribution in [3.63, 3.8) is 0 Å². The van der Waals surface area contributed by atoms with Crippen LogP contribution >= 0.6 is 0 Å². The van der Waals surface area contributed by atoms with Crippen molar-refractivity contribution in [1.29, 1.82) is 0 Å². The summed E-state index contributed by atoms with van der Waals surface area (Å²) in [5.74, 6) is -41.1. The summed E-state index contributed by atoms with van der Waals surface area (Å²) in [7, 11) is 0. The summed E-state index contributed by atoms with van der Waals surface area (Å²) in [6.45, 7) is 5.18. The minimum absolute atomic E-state index is 0.219. The molecule has 0 aromatic heterocycles. The lowest BCUT2D eigenvalue weighted by molar-refractivity contribution is -0.440. The number of hydrogen-bond acceptors (Lipinski definition) is 4. The highest BCUT2D eigenvalue weighted by Crippen LogP contribution is 2.60. The second-order valence-corrected chi connectivity index (χ2v) is 6.35. The fraction of sp³-hybridized carbons (Fsp3) is 0.625. The predicted octanol–water partition coefficient (Wildman–Crippen LogP) is 5.33. The SMILES string of the molecule is C=CC(=O)OC(COC(=O)C(=C)C)CC(F)(F)C(F)(F)C(F)(F)C(F)(F)C(F)(F)C(F)(F)F. The van der Waals surface area contributed by atoms with E-state index in [1.54, 1.807) is 0 Å². The van der Waals surface area contributed by atoms with E-state index < -0.39 is 72.4 Å². The highest BCUT2D eigenvalue weighted by atomic mass is 19.4. The number of halogens is 13. The maximum atomic E-state index is 13.9. The zero-order valence-corrected chi connectivity index (χ0v) is 16.0. The van der Waals surface area contributed by atoms with Crippen molar-refractivity contribution in [1.82, 2.24) is 0 Å². The first-order chi connectivity index (χ1) is 14.4. The summed E-state index contributed by atoms with van der Waals surface area (Å²) in [4.78, 5) is 22.3. The third-order valence-electron chi connectivity index (χ3n) is 3.68. The maximum Gasteiger partial charge on any atom is 0.460 e. The lowest BCUT2D eigenvalue weighted by atomic mass is 9.91. The second kappa shape index (κ2) is 9.40. The number of ether oxygens (including phenoxy) is 2. The van der Waals surface area contributed by atoms with Crippen molar-refractivity contribution in [3.05, 3.63) is 24.8 Å². The Labute approximate surface area is 176 Å². The van der Waals surface area contributed by atoms with Gasteiger partial charge in [-0.2, -0.15) is 57.1 Å². The standard InChI is InChI=1S/C16H13F13O4/c1-4-9(30)33-8(6-32-10(31)7(2)3)5-11(17,18)12(19,20)13(21,22)14(23,24)15(25,26)16(27,28)29/h4,8H,1-2,5-6H2,3H3. The van der Waals surface area contributed by atoms with E-state index in [0.717, 1.165) is 6.92 Å². The Balaban J connectivity index is 6.21. The van der Waals surface area contributed by atoms with Gasteiger partial charge in [-0.05, 0) is 6.92 Å². The van der Waals surface area contributed by atoms with Gasteiger partial charge in [0, 0.05) is 11.6 Å². The fourth-order valence-corrected chi connectivity index (χ4v) is 1.85. The van der Waals surface area contributed by atoms with Crippen LogP contribution in [-0.2, 0) is 19.1 Å². The minimum Gasteiger partial charge on any atom is -0.458 e. The van der Waals surface area contributed by atoms with Gasteiger partial charge in [-0.3, -0.25) is 0 Å². The molecular weight excluding hydrogens is 503 g/mol. The molecule has 0 aliphatic heterocycles. The van der Waals surface area contributed by atoms with Gasteiger partial charge in [-0.1, -0.05) is 13.2 Å². The highest BCUT2D eigenvalue weighted by molar-refractivity contribution is 5.87.